The van der Waals surface area contributed by atoms with Crippen LogP contribution in [0.1, 0.15) is 32.8 Å². The summed E-state index contributed by atoms with van der Waals surface area (Å²) in [4.78, 5) is 10.5. The van der Waals surface area contributed by atoms with Crippen LogP contribution >= 0.6 is 11.6 Å². The van der Waals surface area contributed by atoms with Crippen LogP contribution in [0.25, 0.3) is 0 Å². The van der Waals surface area contributed by atoms with E-state index in [4.69, 9.17) is 11.6 Å². The van der Waals surface area contributed by atoms with Crippen LogP contribution in [0.2, 0.25) is 5.02 Å². The Morgan fingerprint density at radius 1 is 1.50 bits per heavy atom. The molecule has 20 heavy (non-hydrogen) atoms. The smallest absolute Gasteiger partial charge is 0.275 e. The molecule has 0 radical (unpaired) electrons. The lowest BCUT2D eigenvalue weighted by atomic mass is 9.94. The molecule has 0 fully saturated rings. The van der Waals surface area contributed by atoms with Crippen LogP contribution in [0.3, 0.4) is 0 Å². The number of hydrogen-bond donors (Lipinski definition) is 2. The summed E-state index contributed by atoms with van der Waals surface area (Å²) >= 11 is 5.76. The van der Waals surface area contributed by atoms with Crippen LogP contribution < -0.4 is 5.32 Å². The zero-order chi connectivity index (χ0) is 15.3. The molecule has 0 saturated heterocycles. The van der Waals surface area contributed by atoms with Gasteiger partial charge in [0.25, 0.3) is 5.69 Å². The molecule has 0 aliphatic rings. The van der Waals surface area contributed by atoms with Gasteiger partial charge in [-0.15, -0.1) is 0 Å². The Morgan fingerprint density at radius 3 is 2.70 bits per heavy atom. The summed E-state index contributed by atoms with van der Waals surface area (Å²) in [5, 5.41) is 24.5. The number of benzene rings is 1. The van der Waals surface area contributed by atoms with Gasteiger partial charge in [0.05, 0.1) is 10.5 Å². The van der Waals surface area contributed by atoms with Gasteiger partial charge in [0.15, 0.2) is 0 Å². The highest BCUT2D eigenvalue weighted by atomic mass is 35.5. The third kappa shape index (κ3) is 5.45. The lowest BCUT2D eigenvalue weighted by molar-refractivity contribution is -0.385. The van der Waals surface area contributed by atoms with E-state index in [0.29, 0.717) is 36.0 Å². The molecule has 0 aromatic heterocycles. The molecule has 1 aromatic rings. The average molecular weight is 301 g/mol. The number of halogens is 1. The Kier molecular flexibility index (Phi) is 5.92. The zero-order valence-corrected chi connectivity index (χ0v) is 12.8. The number of aliphatic hydroxyl groups is 1. The van der Waals surface area contributed by atoms with E-state index in [1.54, 1.807) is 19.1 Å². The standard InChI is InChI=1S/C14H21ClN2O3/c1-10(2)7-14(3,18)9-16-8-11-4-5-12(15)6-13(11)17(19)20/h4-6,10,16,18H,7-9H2,1-3H3. The second-order valence-corrected chi connectivity index (χ2v) is 6.17. The molecule has 2 N–H and O–H groups in total. The summed E-state index contributed by atoms with van der Waals surface area (Å²) in [6.07, 6.45) is 0.669. The maximum atomic E-state index is 10.9. The van der Waals surface area contributed by atoms with Gasteiger partial charge in [-0.3, -0.25) is 10.1 Å². The molecule has 0 amide bonds. The molecule has 6 heteroatoms. The van der Waals surface area contributed by atoms with Crippen LogP contribution in [-0.2, 0) is 6.54 Å². The molecule has 1 atom stereocenters. The molecule has 5 nitrogen and oxygen atoms in total. The number of nitrogens with one attached hydrogen (secondary N) is 1. The summed E-state index contributed by atoms with van der Waals surface area (Å²) in [6, 6.07) is 4.59. The van der Waals surface area contributed by atoms with Crippen molar-refractivity contribution in [3.63, 3.8) is 0 Å². The number of hydrogen-bond acceptors (Lipinski definition) is 4. The maximum absolute atomic E-state index is 10.9. The van der Waals surface area contributed by atoms with Crippen molar-refractivity contribution in [2.75, 3.05) is 6.54 Å². The molecule has 112 valence electrons. The number of nitrogens with zero attached hydrogens (tertiary/aromatic N) is 1. The van der Waals surface area contributed by atoms with E-state index in [-0.39, 0.29) is 5.69 Å². The Balaban J connectivity index is 2.64. The monoisotopic (exact) mass is 300 g/mol. The highest BCUT2D eigenvalue weighted by Crippen LogP contribution is 2.23. The van der Waals surface area contributed by atoms with E-state index in [1.165, 1.54) is 6.07 Å². The Bertz CT molecular complexity index is 475. The largest absolute Gasteiger partial charge is 0.389 e. The van der Waals surface area contributed by atoms with Gasteiger partial charge in [0, 0.05) is 29.7 Å². The normalized spacial score (nSPS) is 14.3. The summed E-state index contributed by atoms with van der Waals surface area (Å²) in [6.45, 7) is 6.54. The minimum Gasteiger partial charge on any atom is -0.389 e. The van der Waals surface area contributed by atoms with Crippen molar-refractivity contribution in [2.45, 2.75) is 39.3 Å². The molecule has 1 rings (SSSR count). The van der Waals surface area contributed by atoms with Crippen molar-refractivity contribution < 1.29 is 10.0 Å². The first-order valence-electron chi connectivity index (χ1n) is 6.57. The lowest BCUT2D eigenvalue weighted by Gasteiger charge is -2.25. The fourth-order valence-corrected chi connectivity index (χ4v) is 2.44. The van der Waals surface area contributed by atoms with Crippen LogP contribution in [0.4, 0.5) is 5.69 Å². The predicted octanol–water partition coefficient (Wildman–Crippen LogP) is 3.13. The average Bonchev–Trinajstić information content (AvgIpc) is 2.28. The van der Waals surface area contributed by atoms with E-state index < -0.39 is 10.5 Å². The second-order valence-electron chi connectivity index (χ2n) is 5.73. The molecule has 1 aromatic carbocycles. The molecule has 0 aliphatic carbocycles. The number of rotatable bonds is 7. The van der Waals surface area contributed by atoms with E-state index in [2.05, 4.69) is 5.32 Å². The fraction of sp³-hybridized carbons (Fsp3) is 0.571. The van der Waals surface area contributed by atoms with Gasteiger partial charge in [0.1, 0.15) is 0 Å². The van der Waals surface area contributed by atoms with Crippen molar-refractivity contribution in [1.29, 1.82) is 0 Å². The molecule has 0 spiro atoms. The zero-order valence-electron chi connectivity index (χ0n) is 12.0. The van der Waals surface area contributed by atoms with Gasteiger partial charge in [-0.05, 0) is 31.4 Å². The molecule has 1 unspecified atom stereocenters. The van der Waals surface area contributed by atoms with Crippen molar-refractivity contribution >= 4 is 17.3 Å². The number of nitro benzene ring substituents is 1. The van der Waals surface area contributed by atoms with Crippen molar-refractivity contribution in [1.82, 2.24) is 5.32 Å². The van der Waals surface area contributed by atoms with Crippen LogP contribution in [0.5, 0.6) is 0 Å². The van der Waals surface area contributed by atoms with Crippen molar-refractivity contribution in [3.05, 3.63) is 38.9 Å². The summed E-state index contributed by atoms with van der Waals surface area (Å²) in [7, 11) is 0. The van der Waals surface area contributed by atoms with Crippen LogP contribution in [0, 0.1) is 16.0 Å². The predicted molar refractivity (Wildman–Crippen MR) is 79.9 cm³/mol. The van der Waals surface area contributed by atoms with Crippen LogP contribution in [-0.4, -0.2) is 22.2 Å². The number of nitro groups is 1. The minimum absolute atomic E-state index is 0.00602. The maximum Gasteiger partial charge on any atom is 0.275 e. The van der Waals surface area contributed by atoms with Gasteiger partial charge in [0.2, 0.25) is 0 Å². The van der Waals surface area contributed by atoms with Gasteiger partial charge >= 0.3 is 0 Å². The first-order valence-corrected chi connectivity index (χ1v) is 6.95. The fourth-order valence-electron chi connectivity index (χ4n) is 2.27. The Labute approximate surface area is 124 Å². The van der Waals surface area contributed by atoms with Gasteiger partial charge < -0.3 is 10.4 Å². The molecular formula is C14H21ClN2O3. The first kappa shape index (κ1) is 16.9. The molecule has 0 bridgehead atoms. The second kappa shape index (κ2) is 7.02. The summed E-state index contributed by atoms with van der Waals surface area (Å²) in [5.41, 5.74) is -0.275. The van der Waals surface area contributed by atoms with Crippen molar-refractivity contribution in [3.8, 4) is 0 Å². The Morgan fingerprint density at radius 2 is 2.15 bits per heavy atom. The van der Waals surface area contributed by atoms with Gasteiger partial charge in [-0.25, -0.2) is 0 Å². The van der Waals surface area contributed by atoms with Gasteiger partial charge in [-0.1, -0.05) is 25.4 Å². The molecule has 0 aliphatic heterocycles. The van der Waals surface area contributed by atoms with E-state index in [9.17, 15) is 15.2 Å². The molecular weight excluding hydrogens is 280 g/mol. The van der Waals surface area contributed by atoms with Crippen molar-refractivity contribution in [2.24, 2.45) is 5.92 Å². The summed E-state index contributed by atoms with van der Waals surface area (Å²) < 4.78 is 0. The minimum atomic E-state index is -0.824. The topological polar surface area (TPSA) is 75.4 Å². The lowest BCUT2D eigenvalue weighted by Crippen LogP contribution is -2.38. The first-order chi connectivity index (χ1) is 9.21. The van der Waals surface area contributed by atoms with Crippen LogP contribution in [0.15, 0.2) is 18.2 Å². The van der Waals surface area contributed by atoms with E-state index in [1.807, 2.05) is 13.8 Å². The molecule has 0 saturated carbocycles. The highest BCUT2D eigenvalue weighted by Gasteiger charge is 2.22. The quantitative estimate of drug-likeness (QED) is 0.599. The molecule has 0 heterocycles. The SMILES string of the molecule is CC(C)CC(C)(O)CNCc1ccc(Cl)cc1[N+](=O)[O-]. The van der Waals surface area contributed by atoms with E-state index >= 15 is 0 Å². The van der Waals surface area contributed by atoms with E-state index in [0.717, 1.165) is 0 Å². The highest BCUT2D eigenvalue weighted by molar-refractivity contribution is 6.30. The third-order valence-electron chi connectivity index (χ3n) is 2.91. The Hall–Kier alpha value is -1.17. The van der Waals surface area contributed by atoms with Gasteiger partial charge in [-0.2, -0.15) is 0 Å². The third-order valence-corrected chi connectivity index (χ3v) is 3.15. The summed E-state index contributed by atoms with van der Waals surface area (Å²) in [5.74, 6) is 0.386.